The van der Waals surface area contributed by atoms with Crippen molar-refractivity contribution in [3.63, 3.8) is 0 Å². The van der Waals surface area contributed by atoms with E-state index >= 15 is 0 Å². The highest BCUT2D eigenvalue weighted by Crippen LogP contribution is 2.15. The van der Waals surface area contributed by atoms with Gasteiger partial charge in [-0.1, -0.05) is 78.9 Å². The SMILES string of the molecule is Cc1ccc(CC(=O)OCCCN(C)C(=O)CCc2ccccc2)cc1CC(=O)CCCCN(C)C(=O)CCc1ccccc1. The average molecular weight is 613 g/mol. The summed E-state index contributed by atoms with van der Waals surface area (Å²) in [6.45, 7) is 3.38. The Labute approximate surface area is 268 Å². The van der Waals surface area contributed by atoms with E-state index in [1.165, 1.54) is 0 Å². The Kier molecular flexibility index (Phi) is 15.0. The molecule has 0 N–H and O–H groups in total. The monoisotopic (exact) mass is 612 g/mol. The van der Waals surface area contributed by atoms with Crippen molar-refractivity contribution in [2.75, 3.05) is 33.8 Å². The fourth-order valence-corrected chi connectivity index (χ4v) is 5.13. The van der Waals surface area contributed by atoms with Crippen LogP contribution in [0.3, 0.4) is 0 Å². The Morgan fingerprint density at radius 3 is 1.76 bits per heavy atom. The zero-order chi connectivity index (χ0) is 32.4. The minimum Gasteiger partial charge on any atom is -0.465 e. The number of unbranched alkanes of at least 4 members (excludes halogenated alkanes) is 1. The maximum absolute atomic E-state index is 12.7. The number of ketones is 1. The van der Waals surface area contributed by atoms with Crippen molar-refractivity contribution in [3.05, 3.63) is 107 Å². The van der Waals surface area contributed by atoms with Crippen LogP contribution in [0.2, 0.25) is 0 Å². The van der Waals surface area contributed by atoms with Gasteiger partial charge in [0.05, 0.1) is 13.0 Å². The van der Waals surface area contributed by atoms with Gasteiger partial charge in [0.1, 0.15) is 5.78 Å². The first kappa shape index (κ1) is 35.2. The van der Waals surface area contributed by atoms with Gasteiger partial charge in [0, 0.05) is 52.9 Å². The molecule has 0 saturated carbocycles. The molecule has 0 aliphatic rings. The Morgan fingerprint density at radius 2 is 1.18 bits per heavy atom. The van der Waals surface area contributed by atoms with Crippen molar-refractivity contribution < 1.29 is 23.9 Å². The summed E-state index contributed by atoms with van der Waals surface area (Å²) in [7, 11) is 3.60. The van der Waals surface area contributed by atoms with E-state index in [1.54, 1.807) is 16.8 Å². The maximum Gasteiger partial charge on any atom is 0.310 e. The number of hydrogen-bond donors (Lipinski definition) is 0. The number of aryl methyl sites for hydroxylation is 3. The topological polar surface area (TPSA) is 84.0 Å². The number of esters is 1. The second kappa shape index (κ2) is 19.2. The van der Waals surface area contributed by atoms with E-state index in [-0.39, 0.29) is 36.6 Å². The number of carbonyl (C=O) groups is 4. The summed E-state index contributed by atoms with van der Waals surface area (Å²) in [6.07, 6.45) is 5.38. The van der Waals surface area contributed by atoms with Crippen LogP contribution in [0.4, 0.5) is 0 Å². The molecule has 45 heavy (non-hydrogen) atoms. The number of nitrogens with zero attached hydrogens (tertiary/aromatic N) is 2. The van der Waals surface area contributed by atoms with E-state index in [0.717, 1.165) is 47.1 Å². The Balaban J connectivity index is 1.30. The third kappa shape index (κ3) is 13.5. The van der Waals surface area contributed by atoms with Gasteiger partial charge in [-0.05, 0) is 66.8 Å². The molecular weight excluding hydrogens is 564 g/mol. The second-order valence-electron chi connectivity index (χ2n) is 11.8. The minimum absolute atomic E-state index is 0.0730. The Bertz CT molecular complexity index is 1370. The molecule has 3 aromatic carbocycles. The number of rotatable bonds is 19. The first-order valence-electron chi connectivity index (χ1n) is 16.0. The van der Waals surface area contributed by atoms with E-state index in [4.69, 9.17) is 4.74 Å². The summed E-state index contributed by atoms with van der Waals surface area (Å²) in [6, 6.07) is 25.7. The summed E-state index contributed by atoms with van der Waals surface area (Å²) in [5.74, 6) is 0.0203. The molecule has 0 unspecified atom stereocenters. The van der Waals surface area contributed by atoms with E-state index in [2.05, 4.69) is 0 Å². The molecule has 240 valence electrons. The highest BCUT2D eigenvalue weighted by atomic mass is 16.5. The molecule has 7 heteroatoms. The van der Waals surface area contributed by atoms with Crippen LogP contribution < -0.4 is 0 Å². The van der Waals surface area contributed by atoms with Crippen molar-refractivity contribution >= 4 is 23.6 Å². The van der Waals surface area contributed by atoms with Crippen LogP contribution >= 0.6 is 0 Å². The van der Waals surface area contributed by atoms with Gasteiger partial charge in [0.25, 0.3) is 0 Å². The second-order valence-corrected chi connectivity index (χ2v) is 11.8. The molecule has 7 nitrogen and oxygen atoms in total. The third-order valence-electron chi connectivity index (χ3n) is 8.04. The summed E-state index contributed by atoms with van der Waals surface area (Å²) >= 11 is 0. The predicted octanol–water partition coefficient (Wildman–Crippen LogP) is 5.94. The fourth-order valence-electron chi connectivity index (χ4n) is 5.13. The summed E-state index contributed by atoms with van der Waals surface area (Å²) < 4.78 is 5.42. The van der Waals surface area contributed by atoms with Gasteiger partial charge >= 0.3 is 5.97 Å². The number of amides is 2. The van der Waals surface area contributed by atoms with Crippen molar-refractivity contribution in [2.24, 2.45) is 0 Å². The van der Waals surface area contributed by atoms with Crippen LogP contribution in [0.15, 0.2) is 78.9 Å². The molecule has 0 atom stereocenters. The molecule has 3 aromatic rings. The quantitative estimate of drug-likeness (QED) is 0.124. The lowest BCUT2D eigenvalue weighted by Crippen LogP contribution is -2.28. The van der Waals surface area contributed by atoms with E-state index in [1.807, 2.05) is 92.8 Å². The van der Waals surface area contributed by atoms with Gasteiger partial charge in [0.15, 0.2) is 0 Å². The molecule has 0 bridgehead atoms. The van der Waals surface area contributed by atoms with Crippen LogP contribution in [0.1, 0.15) is 66.3 Å². The minimum atomic E-state index is -0.323. The summed E-state index contributed by atoms with van der Waals surface area (Å²) in [5, 5.41) is 0. The average Bonchev–Trinajstić information content (AvgIpc) is 3.05. The van der Waals surface area contributed by atoms with Gasteiger partial charge in [-0.15, -0.1) is 0 Å². The first-order valence-corrected chi connectivity index (χ1v) is 16.0. The van der Waals surface area contributed by atoms with Crippen molar-refractivity contribution in [3.8, 4) is 0 Å². The Hall–Kier alpha value is -4.26. The number of ether oxygens (including phenoxy) is 1. The lowest BCUT2D eigenvalue weighted by atomic mass is 9.97. The maximum atomic E-state index is 12.7. The van der Waals surface area contributed by atoms with Gasteiger partial charge < -0.3 is 14.5 Å². The fraction of sp³-hybridized carbons (Fsp3) is 0.421. The third-order valence-corrected chi connectivity index (χ3v) is 8.04. The molecule has 0 aliphatic heterocycles. The largest absolute Gasteiger partial charge is 0.465 e. The smallest absolute Gasteiger partial charge is 0.310 e. The zero-order valence-electron chi connectivity index (χ0n) is 27.1. The molecular formula is C38H48N2O5. The molecule has 0 aromatic heterocycles. The van der Waals surface area contributed by atoms with Crippen LogP contribution in [-0.2, 0) is 49.6 Å². The van der Waals surface area contributed by atoms with E-state index in [9.17, 15) is 19.2 Å². The normalized spacial score (nSPS) is 10.7. The predicted molar refractivity (Wildman–Crippen MR) is 178 cm³/mol. The molecule has 2 amide bonds. The zero-order valence-corrected chi connectivity index (χ0v) is 27.1. The van der Waals surface area contributed by atoms with Gasteiger partial charge in [-0.25, -0.2) is 0 Å². The standard InChI is InChI=1S/C38H48N2O5/c1-30-18-19-33(28-38(44)45-26-12-25-40(3)37(43)23-21-32-15-8-5-9-16-32)27-34(30)29-35(41)17-10-11-24-39(2)36(42)22-20-31-13-6-4-7-14-31/h4-9,13-16,18-19,27H,10-12,17,20-26,28-29H2,1-3H3. The van der Waals surface area contributed by atoms with E-state index < -0.39 is 0 Å². The summed E-state index contributed by atoms with van der Waals surface area (Å²) in [5.41, 5.74) is 5.06. The number of Topliss-reactive ketones (excluding diaryl/α,β-unsaturated/α-hetero) is 1. The number of benzene rings is 3. The van der Waals surface area contributed by atoms with Gasteiger partial charge in [0.2, 0.25) is 11.8 Å². The molecule has 0 radical (unpaired) electrons. The molecule has 3 rings (SSSR count). The summed E-state index contributed by atoms with van der Waals surface area (Å²) in [4.78, 5) is 53.4. The highest BCUT2D eigenvalue weighted by molar-refractivity contribution is 5.81. The van der Waals surface area contributed by atoms with E-state index in [0.29, 0.717) is 51.6 Å². The lowest BCUT2D eigenvalue weighted by Gasteiger charge is -2.17. The first-order chi connectivity index (χ1) is 21.7. The lowest BCUT2D eigenvalue weighted by molar-refractivity contribution is -0.143. The van der Waals surface area contributed by atoms with Crippen molar-refractivity contribution in [1.82, 2.24) is 9.80 Å². The number of hydrogen-bond acceptors (Lipinski definition) is 5. The van der Waals surface area contributed by atoms with Gasteiger partial charge in [-0.2, -0.15) is 0 Å². The molecule has 0 spiro atoms. The molecule has 0 saturated heterocycles. The van der Waals surface area contributed by atoms with Crippen LogP contribution in [0.5, 0.6) is 0 Å². The highest BCUT2D eigenvalue weighted by Gasteiger charge is 2.13. The van der Waals surface area contributed by atoms with Gasteiger partial charge in [-0.3, -0.25) is 19.2 Å². The number of carbonyl (C=O) groups excluding carboxylic acids is 4. The Morgan fingerprint density at radius 1 is 0.622 bits per heavy atom. The van der Waals surface area contributed by atoms with Crippen molar-refractivity contribution in [1.29, 1.82) is 0 Å². The molecule has 0 aliphatic carbocycles. The van der Waals surface area contributed by atoms with Crippen LogP contribution in [0, 0.1) is 6.92 Å². The molecule has 0 fully saturated rings. The van der Waals surface area contributed by atoms with Crippen LogP contribution in [0.25, 0.3) is 0 Å². The van der Waals surface area contributed by atoms with Crippen LogP contribution in [-0.4, -0.2) is 67.2 Å². The van der Waals surface area contributed by atoms with Crippen molar-refractivity contribution in [2.45, 2.75) is 71.1 Å². The molecule has 0 heterocycles.